The summed E-state index contributed by atoms with van der Waals surface area (Å²) in [4.78, 5) is 26.7. The number of ether oxygens (including phenoxy) is 1. The van der Waals surface area contributed by atoms with Crippen molar-refractivity contribution in [2.24, 2.45) is 5.92 Å². The third-order valence-corrected chi connectivity index (χ3v) is 8.68. The predicted molar refractivity (Wildman–Crippen MR) is 133 cm³/mol. The summed E-state index contributed by atoms with van der Waals surface area (Å²) < 4.78 is 34.5. The van der Waals surface area contributed by atoms with E-state index in [1.807, 2.05) is 30.3 Å². The van der Waals surface area contributed by atoms with Crippen molar-refractivity contribution < 1.29 is 27.6 Å². The molecule has 4 fully saturated rings. The average molecular weight is 498 g/mol. The highest BCUT2D eigenvalue weighted by molar-refractivity contribution is 5.91. The van der Waals surface area contributed by atoms with Gasteiger partial charge in [0.2, 0.25) is 0 Å². The van der Waals surface area contributed by atoms with Crippen LogP contribution in [0.1, 0.15) is 56.9 Å². The van der Waals surface area contributed by atoms with Crippen LogP contribution in [0, 0.1) is 17.6 Å². The SMILES string of the molecule is O=C(C[N+]12CCC(CC1)[C@@H](OC(=O)C1(c3ccccc3)CCCCCC1)C2)Nc1cccc(F)c1F. The molecule has 6 rings (SSSR count). The topological polar surface area (TPSA) is 55.4 Å². The fourth-order valence-corrected chi connectivity index (χ4v) is 6.62. The average Bonchev–Trinajstić information content (AvgIpc) is 3.15. The molecule has 5 nitrogen and oxygen atoms in total. The first-order valence-electron chi connectivity index (χ1n) is 13.3. The molecule has 36 heavy (non-hydrogen) atoms. The molecule has 3 saturated heterocycles. The number of hydrogen-bond acceptors (Lipinski definition) is 3. The third-order valence-electron chi connectivity index (χ3n) is 8.68. The third kappa shape index (κ3) is 4.90. The fourth-order valence-electron chi connectivity index (χ4n) is 6.62. The highest BCUT2D eigenvalue weighted by Gasteiger charge is 2.51. The standard InChI is InChI=1S/C29H34F2N2O3/c30-23-11-8-12-24(27(23)31)32-26(34)20-33-17-13-21(14-18-33)25(19-33)36-28(35)29(15-6-1-2-7-16-29)22-9-4-3-5-10-22/h3-5,8-12,21,25H,1-2,6-7,13-20H2/p+1/t21?,25-,33?/m0/s1. The summed E-state index contributed by atoms with van der Waals surface area (Å²) in [7, 11) is 0. The zero-order chi connectivity index (χ0) is 25.2. The number of piperidine rings is 3. The Bertz CT molecular complexity index is 1090. The molecule has 1 amide bonds. The van der Waals surface area contributed by atoms with E-state index < -0.39 is 17.0 Å². The minimum absolute atomic E-state index is 0.126. The van der Waals surface area contributed by atoms with Gasteiger partial charge in [-0.25, -0.2) is 8.78 Å². The Hall–Kier alpha value is -2.80. The van der Waals surface area contributed by atoms with E-state index >= 15 is 0 Å². The number of nitrogens with zero attached hydrogens (tertiary/aromatic N) is 1. The molecule has 2 aromatic rings. The van der Waals surface area contributed by atoms with Crippen LogP contribution in [-0.2, 0) is 19.7 Å². The highest BCUT2D eigenvalue weighted by Crippen LogP contribution is 2.42. The quantitative estimate of drug-likeness (QED) is 0.333. The largest absolute Gasteiger partial charge is 0.455 e. The maximum atomic E-state index is 14.1. The summed E-state index contributed by atoms with van der Waals surface area (Å²) in [5.41, 5.74) is 0.283. The predicted octanol–water partition coefficient (Wildman–Crippen LogP) is 5.35. The molecule has 2 bridgehead atoms. The maximum absolute atomic E-state index is 14.1. The van der Waals surface area contributed by atoms with Crippen LogP contribution in [0.5, 0.6) is 0 Å². The first-order valence-corrected chi connectivity index (χ1v) is 13.3. The number of esters is 1. The van der Waals surface area contributed by atoms with Crippen molar-refractivity contribution in [1.29, 1.82) is 0 Å². The van der Waals surface area contributed by atoms with Crippen molar-refractivity contribution in [3.63, 3.8) is 0 Å². The summed E-state index contributed by atoms with van der Waals surface area (Å²) >= 11 is 0. The number of fused-ring (bicyclic) bond motifs is 3. The zero-order valence-electron chi connectivity index (χ0n) is 20.7. The van der Waals surface area contributed by atoms with E-state index in [9.17, 15) is 18.4 Å². The van der Waals surface area contributed by atoms with Crippen LogP contribution in [0.2, 0.25) is 0 Å². The van der Waals surface area contributed by atoms with Crippen molar-refractivity contribution in [3.05, 3.63) is 65.7 Å². The van der Waals surface area contributed by atoms with Crippen LogP contribution in [0.4, 0.5) is 14.5 Å². The monoisotopic (exact) mass is 497 g/mol. The minimum atomic E-state index is -1.05. The number of hydrogen-bond donors (Lipinski definition) is 1. The Labute approximate surface area is 211 Å². The van der Waals surface area contributed by atoms with Crippen molar-refractivity contribution in [3.8, 4) is 0 Å². The normalized spacial score (nSPS) is 27.2. The Morgan fingerprint density at radius 1 is 0.944 bits per heavy atom. The summed E-state index contributed by atoms with van der Waals surface area (Å²) in [6.45, 7) is 2.38. The number of benzene rings is 2. The van der Waals surface area contributed by atoms with Gasteiger partial charge in [0.15, 0.2) is 24.3 Å². The second-order valence-corrected chi connectivity index (χ2v) is 10.9. The molecular formula is C29H35F2N2O3+. The van der Waals surface area contributed by atoms with Crippen molar-refractivity contribution in [1.82, 2.24) is 0 Å². The second-order valence-electron chi connectivity index (χ2n) is 10.9. The van der Waals surface area contributed by atoms with Gasteiger partial charge in [0.25, 0.3) is 5.91 Å². The molecule has 7 heteroatoms. The van der Waals surface area contributed by atoms with Gasteiger partial charge in [0.05, 0.1) is 24.2 Å². The first kappa shape index (κ1) is 24.9. The number of quaternary nitrogens is 1. The molecule has 3 heterocycles. The van der Waals surface area contributed by atoms with E-state index in [-0.39, 0.29) is 30.2 Å². The van der Waals surface area contributed by atoms with Gasteiger partial charge in [-0.15, -0.1) is 0 Å². The summed E-state index contributed by atoms with van der Waals surface area (Å²) in [6, 6.07) is 13.8. The van der Waals surface area contributed by atoms with E-state index in [1.54, 1.807) is 0 Å². The van der Waals surface area contributed by atoms with E-state index in [1.165, 1.54) is 12.1 Å². The molecule has 3 aliphatic heterocycles. The molecular weight excluding hydrogens is 462 g/mol. The molecule has 192 valence electrons. The number of halogens is 2. The fraction of sp³-hybridized carbons (Fsp3) is 0.517. The first-order chi connectivity index (χ1) is 17.4. The van der Waals surface area contributed by atoms with E-state index in [2.05, 4.69) is 5.32 Å². The second kappa shape index (κ2) is 10.3. The van der Waals surface area contributed by atoms with Gasteiger partial charge in [-0.2, -0.15) is 0 Å². The molecule has 0 aromatic heterocycles. The molecule has 1 saturated carbocycles. The van der Waals surface area contributed by atoms with Gasteiger partial charge >= 0.3 is 5.97 Å². The lowest BCUT2D eigenvalue weighted by atomic mass is 9.74. The van der Waals surface area contributed by atoms with E-state index in [4.69, 9.17) is 4.74 Å². The molecule has 1 aliphatic carbocycles. The van der Waals surface area contributed by atoms with Crippen LogP contribution in [-0.4, -0.2) is 48.6 Å². The van der Waals surface area contributed by atoms with E-state index in [0.717, 1.165) is 76.1 Å². The Morgan fingerprint density at radius 3 is 2.33 bits per heavy atom. The highest BCUT2D eigenvalue weighted by atomic mass is 19.2. The van der Waals surface area contributed by atoms with Crippen LogP contribution in [0.15, 0.2) is 48.5 Å². The number of nitrogens with one attached hydrogen (secondary N) is 1. The van der Waals surface area contributed by atoms with Crippen molar-refractivity contribution in [2.75, 3.05) is 31.5 Å². The lowest BCUT2D eigenvalue weighted by Gasteiger charge is -2.52. The summed E-state index contributed by atoms with van der Waals surface area (Å²) in [5.74, 6) is -2.22. The Balaban J connectivity index is 1.30. The van der Waals surface area contributed by atoms with Gasteiger partial charge < -0.3 is 14.5 Å². The van der Waals surface area contributed by atoms with Crippen LogP contribution in [0.3, 0.4) is 0 Å². The molecule has 1 N–H and O–H groups in total. The number of amides is 1. The molecule has 0 spiro atoms. The van der Waals surface area contributed by atoms with E-state index in [0.29, 0.717) is 16.9 Å². The molecule has 0 radical (unpaired) electrons. The van der Waals surface area contributed by atoms with Gasteiger partial charge in [-0.3, -0.25) is 9.59 Å². The lowest BCUT2D eigenvalue weighted by Crippen LogP contribution is -2.66. The number of carbonyl (C=O) groups excluding carboxylic acids is 2. The molecule has 1 atom stereocenters. The van der Waals surface area contributed by atoms with Crippen molar-refractivity contribution in [2.45, 2.75) is 62.9 Å². The smallest absolute Gasteiger partial charge is 0.317 e. The van der Waals surface area contributed by atoms with Gasteiger partial charge in [-0.05, 0) is 30.5 Å². The summed E-state index contributed by atoms with van der Waals surface area (Å²) in [5, 5.41) is 2.54. The summed E-state index contributed by atoms with van der Waals surface area (Å²) in [6.07, 6.45) is 7.43. The van der Waals surface area contributed by atoms with Crippen LogP contribution < -0.4 is 5.32 Å². The van der Waals surface area contributed by atoms with Gasteiger partial charge in [-0.1, -0.05) is 62.1 Å². The molecule has 0 unspecified atom stereocenters. The molecule has 4 aliphatic rings. The van der Waals surface area contributed by atoms with Gasteiger partial charge in [0.1, 0.15) is 6.54 Å². The molecule has 2 aromatic carbocycles. The lowest BCUT2D eigenvalue weighted by molar-refractivity contribution is -0.939. The Kier molecular flexibility index (Phi) is 7.11. The van der Waals surface area contributed by atoms with Crippen LogP contribution in [0.25, 0.3) is 0 Å². The van der Waals surface area contributed by atoms with Crippen LogP contribution >= 0.6 is 0 Å². The zero-order valence-corrected chi connectivity index (χ0v) is 20.7. The minimum Gasteiger partial charge on any atom is -0.455 e. The maximum Gasteiger partial charge on any atom is 0.317 e. The number of carbonyl (C=O) groups is 2. The number of rotatable bonds is 6. The number of anilines is 1. The van der Waals surface area contributed by atoms with Crippen molar-refractivity contribution >= 4 is 17.6 Å². The Morgan fingerprint density at radius 2 is 1.64 bits per heavy atom. The van der Waals surface area contributed by atoms with Gasteiger partial charge in [0, 0.05) is 18.8 Å².